The lowest BCUT2D eigenvalue weighted by atomic mass is 9.80. The van der Waals surface area contributed by atoms with Crippen LogP contribution in [0.1, 0.15) is 83.1 Å². The third kappa shape index (κ3) is 7.45. The predicted molar refractivity (Wildman–Crippen MR) is 102 cm³/mol. The van der Waals surface area contributed by atoms with Gasteiger partial charge >= 0.3 is 0 Å². The van der Waals surface area contributed by atoms with E-state index in [0.29, 0.717) is 5.92 Å². The van der Waals surface area contributed by atoms with E-state index in [1.165, 1.54) is 70.6 Å². The van der Waals surface area contributed by atoms with E-state index in [9.17, 15) is 0 Å². The van der Waals surface area contributed by atoms with Gasteiger partial charge in [0.05, 0.1) is 0 Å². The second-order valence-electron chi connectivity index (χ2n) is 7.05. The zero-order valence-corrected chi connectivity index (χ0v) is 15.4. The molecular formula is C22H31Cl. The van der Waals surface area contributed by atoms with Gasteiger partial charge in [0.1, 0.15) is 0 Å². The second-order valence-corrected chi connectivity index (χ2v) is 7.49. The Morgan fingerprint density at radius 3 is 2.26 bits per heavy atom. The van der Waals surface area contributed by atoms with Gasteiger partial charge in [0.2, 0.25) is 0 Å². The molecule has 2 rings (SSSR count). The summed E-state index contributed by atoms with van der Waals surface area (Å²) in [7, 11) is 0. The quantitative estimate of drug-likeness (QED) is 0.365. The highest BCUT2D eigenvalue weighted by molar-refractivity contribution is 6.30. The lowest BCUT2D eigenvalue weighted by Gasteiger charge is -2.25. The number of halogens is 1. The average Bonchev–Trinajstić information content (AvgIpc) is 2.58. The minimum atomic E-state index is 0.603. The first-order valence-electron chi connectivity index (χ1n) is 9.55. The fraction of sp³-hybridized carbons (Fsp3) is 0.636. The Kier molecular flexibility index (Phi) is 8.62. The maximum Gasteiger partial charge on any atom is 0.0406 e. The Labute approximate surface area is 148 Å². The van der Waals surface area contributed by atoms with Gasteiger partial charge in [0, 0.05) is 16.5 Å². The molecule has 0 aliphatic heterocycles. The van der Waals surface area contributed by atoms with Crippen LogP contribution in [0.25, 0.3) is 0 Å². The third-order valence-corrected chi connectivity index (χ3v) is 5.33. The molecule has 1 fully saturated rings. The van der Waals surface area contributed by atoms with E-state index < -0.39 is 0 Å². The molecule has 126 valence electrons. The van der Waals surface area contributed by atoms with E-state index in [2.05, 4.69) is 18.8 Å². The molecule has 1 saturated carbocycles. The van der Waals surface area contributed by atoms with E-state index in [4.69, 9.17) is 11.6 Å². The van der Waals surface area contributed by atoms with E-state index in [1.807, 2.05) is 24.3 Å². The van der Waals surface area contributed by atoms with Crippen molar-refractivity contribution in [1.29, 1.82) is 0 Å². The van der Waals surface area contributed by atoms with Crippen LogP contribution in [0.5, 0.6) is 0 Å². The van der Waals surface area contributed by atoms with Crippen LogP contribution in [-0.2, 0) is 0 Å². The summed E-state index contributed by atoms with van der Waals surface area (Å²) in [5.74, 6) is 8.37. The monoisotopic (exact) mass is 330 g/mol. The van der Waals surface area contributed by atoms with Gasteiger partial charge in [-0.25, -0.2) is 0 Å². The zero-order valence-electron chi connectivity index (χ0n) is 14.6. The maximum atomic E-state index is 5.91. The van der Waals surface area contributed by atoms with Crippen molar-refractivity contribution in [3.63, 3.8) is 0 Å². The number of rotatable bonds is 7. The molecule has 0 heterocycles. The molecule has 1 aromatic carbocycles. The molecular weight excluding hydrogens is 300 g/mol. The maximum absolute atomic E-state index is 5.91. The van der Waals surface area contributed by atoms with E-state index in [0.717, 1.165) is 16.5 Å². The molecule has 0 bridgehead atoms. The summed E-state index contributed by atoms with van der Waals surface area (Å²) >= 11 is 5.91. The molecule has 0 N–H and O–H groups in total. The van der Waals surface area contributed by atoms with Crippen molar-refractivity contribution < 1.29 is 0 Å². The van der Waals surface area contributed by atoms with Crippen molar-refractivity contribution in [2.45, 2.75) is 77.6 Å². The molecule has 0 saturated heterocycles. The Morgan fingerprint density at radius 1 is 0.913 bits per heavy atom. The summed E-state index contributed by atoms with van der Waals surface area (Å²) in [6.45, 7) is 2.29. The number of hydrogen-bond acceptors (Lipinski definition) is 0. The third-order valence-electron chi connectivity index (χ3n) is 5.08. The molecule has 0 atom stereocenters. The molecule has 0 aromatic heterocycles. The topological polar surface area (TPSA) is 0 Å². The highest BCUT2D eigenvalue weighted by Crippen LogP contribution is 2.31. The number of hydrogen-bond donors (Lipinski definition) is 0. The summed E-state index contributed by atoms with van der Waals surface area (Å²) in [6, 6.07) is 7.87. The smallest absolute Gasteiger partial charge is 0.0406 e. The van der Waals surface area contributed by atoms with Crippen molar-refractivity contribution in [3.8, 4) is 11.8 Å². The van der Waals surface area contributed by atoms with E-state index in [-0.39, 0.29) is 0 Å². The zero-order chi connectivity index (χ0) is 16.3. The molecule has 0 amide bonds. The Hall–Kier alpha value is -0.930. The van der Waals surface area contributed by atoms with Gasteiger partial charge in [0.25, 0.3) is 0 Å². The van der Waals surface area contributed by atoms with Crippen molar-refractivity contribution in [2.75, 3.05) is 0 Å². The second kappa shape index (κ2) is 10.8. The Bertz CT molecular complexity index is 483. The molecule has 0 spiro atoms. The minimum Gasteiger partial charge on any atom is -0.0945 e. The largest absolute Gasteiger partial charge is 0.0945 e. The summed E-state index contributed by atoms with van der Waals surface area (Å²) < 4.78 is 0. The molecule has 0 radical (unpaired) electrons. The summed E-state index contributed by atoms with van der Waals surface area (Å²) in [6.07, 6.45) is 15.3. The number of unbranched alkanes of at least 4 members (excludes halogenated alkanes) is 5. The lowest BCUT2D eigenvalue weighted by Crippen LogP contribution is -2.13. The fourth-order valence-corrected chi connectivity index (χ4v) is 3.65. The van der Waals surface area contributed by atoms with Crippen LogP contribution in [0.2, 0.25) is 5.02 Å². The molecule has 0 unspecified atom stereocenters. The highest BCUT2D eigenvalue weighted by atomic mass is 35.5. The Morgan fingerprint density at radius 2 is 1.57 bits per heavy atom. The van der Waals surface area contributed by atoms with Crippen LogP contribution in [-0.4, -0.2) is 0 Å². The van der Waals surface area contributed by atoms with Gasteiger partial charge in [-0.05, 0) is 55.9 Å². The standard InChI is InChI=1S/C22H31Cl/c1-2-3-4-5-6-7-8-19-9-11-20(12-10-19)13-14-21-15-17-22(23)18-16-21/h15-20H,2-12H2,1H3. The highest BCUT2D eigenvalue weighted by Gasteiger charge is 2.19. The molecule has 1 heteroatoms. The molecule has 23 heavy (non-hydrogen) atoms. The van der Waals surface area contributed by atoms with Crippen molar-refractivity contribution >= 4 is 11.6 Å². The van der Waals surface area contributed by atoms with Gasteiger partial charge in [-0.15, -0.1) is 0 Å². The van der Waals surface area contributed by atoms with Crippen LogP contribution in [0, 0.1) is 23.7 Å². The Balaban J connectivity index is 1.61. The molecule has 0 nitrogen and oxygen atoms in total. The van der Waals surface area contributed by atoms with Crippen LogP contribution < -0.4 is 0 Å². The lowest BCUT2D eigenvalue weighted by molar-refractivity contribution is 0.293. The first-order valence-corrected chi connectivity index (χ1v) is 9.93. The molecule has 1 aromatic rings. The van der Waals surface area contributed by atoms with Crippen LogP contribution in [0.3, 0.4) is 0 Å². The van der Waals surface area contributed by atoms with Crippen molar-refractivity contribution in [2.24, 2.45) is 11.8 Å². The SMILES string of the molecule is CCCCCCCCC1CCC(C#Cc2ccc(Cl)cc2)CC1. The molecule has 1 aliphatic carbocycles. The van der Waals surface area contributed by atoms with Gasteiger partial charge < -0.3 is 0 Å². The summed E-state index contributed by atoms with van der Waals surface area (Å²) in [5.41, 5.74) is 1.09. The normalized spacial score (nSPS) is 20.8. The minimum absolute atomic E-state index is 0.603. The van der Waals surface area contributed by atoms with Gasteiger partial charge in [0.15, 0.2) is 0 Å². The van der Waals surface area contributed by atoms with E-state index >= 15 is 0 Å². The van der Waals surface area contributed by atoms with Gasteiger partial charge in [-0.3, -0.25) is 0 Å². The fourth-order valence-electron chi connectivity index (χ4n) is 3.53. The van der Waals surface area contributed by atoms with Crippen molar-refractivity contribution in [1.82, 2.24) is 0 Å². The van der Waals surface area contributed by atoms with Crippen LogP contribution >= 0.6 is 11.6 Å². The van der Waals surface area contributed by atoms with E-state index in [1.54, 1.807) is 0 Å². The van der Waals surface area contributed by atoms with Gasteiger partial charge in [-0.1, -0.05) is 75.3 Å². The molecule has 1 aliphatic rings. The predicted octanol–water partition coefficient (Wildman–Crippen LogP) is 7.25. The van der Waals surface area contributed by atoms with Crippen LogP contribution in [0.15, 0.2) is 24.3 Å². The first-order chi connectivity index (χ1) is 11.3. The van der Waals surface area contributed by atoms with Crippen LogP contribution in [0.4, 0.5) is 0 Å². The first kappa shape index (κ1) is 18.4. The summed E-state index contributed by atoms with van der Waals surface area (Å²) in [4.78, 5) is 0. The average molecular weight is 331 g/mol. The van der Waals surface area contributed by atoms with Gasteiger partial charge in [-0.2, -0.15) is 0 Å². The van der Waals surface area contributed by atoms with Crippen molar-refractivity contribution in [3.05, 3.63) is 34.9 Å². The summed E-state index contributed by atoms with van der Waals surface area (Å²) in [5, 5.41) is 0.783. The number of benzene rings is 1.